The first-order valence-electron chi connectivity index (χ1n) is 7.01. The Labute approximate surface area is 132 Å². The van der Waals surface area contributed by atoms with Crippen LogP contribution in [0.15, 0.2) is 46.9 Å². The van der Waals surface area contributed by atoms with Crippen molar-refractivity contribution in [2.24, 2.45) is 5.10 Å². The number of hydrogen-bond acceptors (Lipinski definition) is 4. The number of anilines is 1. The Bertz CT molecular complexity index is 693. The molecular weight excluding hydrogens is 298 g/mol. The van der Waals surface area contributed by atoms with Gasteiger partial charge in [0, 0.05) is 29.1 Å². The molecule has 0 unspecified atom stereocenters. The van der Waals surface area contributed by atoms with Gasteiger partial charge >= 0.3 is 0 Å². The van der Waals surface area contributed by atoms with Gasteiger partial charge in [0.2, 0.25) is 5.91 Å². The predicted molar refractivity (Wildman–Crippen MR) is 87.4 cm³/mol. The van der Waals surface area contributed by atoms with E-state index in [4.69, 9.17) is 0 Å². The van der Waals surface area contributed by atoms with Crippen molar-refractivity contribution < 1.29 is 9.59 Å². The normalized spacial score (nSPS) is 14.7. The van der Waals surface area contributed by atoms with Gasteiger partial charge in [0.15, 0.2) is 0 Å². The molecule has 0 bridgehead atoms. The van der Waals surface area contributed by atoms with Crippen LogP contribution in [0, 0.1) is 0 Å². The first kappa shape index (κ1) is 14.5. The van der Waals surface area contributed by atoms with Gasteiger partial charge in [-0.05, 0) is 42.1 Å². The van der Waals surface area contributed by atoms with Crippen LogP contribution >= 0.6 is 11.3 Å². The predicted octanol–water partition coefficient (Wildman–Crippen LogP) is 2.64. The minimum atomic E-state index is -0.271. The summed E-state index contributed by atoms with van der Waals surface area (Å²) in [5.41, 5.74) is 3.84. The zero-order valence-corrected chi connectivity index (χ0v) is 12.7. The molecule has 3 rings (SSSR count). The zero-order valence-electron chi connectivity index (χ0n) is 11.9. The van der Waals surface area contributed by atoms with E-state index in [-0.39, 0.29) is 11.8 Å². The molecule has 1 saturated heterocycles. The minimum Gasteiger partial charge on any atom is -0.312 e. The van der Waals surface area contributed by atoms with Gasteiger partial charge in [0.05, 0.1) is 6.21 Å². The number of hydrogen-bond donors (Lipinski definition) is 1. The maximum atomic E-state index is 12.0. The molecule has 0 radical (unpaired) electrons. The number of nitrogens with zero attached hydrogens (tertiary/aromatic N) is 2. The average molecular weight is 313 g/mol. The number of amides is 2. The lowest BCUT2D eigenvalue weighted by atomic mass is 10.2. The molecule has 1 aliphatic rings. The molecule has 0 atom stereocenters. The van der Waals surface area contributed by atoms with E-state index in [9.17, 15) is 9.59 Å². The Kier molecular flexibility index (Phi) is 4.29. The summed E-state index contributed by atoms with van der Waals surface area (Å²) in [6.45, 7) is 0.746. The number of carbonyl (C=O) groups excluding carboxylic acids is 2. The number of thiophene rings is 1. The number of nitrogens with one attached hydrogen (secondary N) is 1. The largest absolute Gasteiger partial charge is 0.312 e. The summed E-state index contributed by atoms with van der Waals surface area (Å²) in [4.78, 5) is 26.4. The van der Waals surface area contributed by atoms with Gasteiger partial charge in [-0.25, -0.2) is 5.43 Å². The van der Waals surface area contributed by atoms with E-state index >= 15 is 0 Å². The Hall–Kier alpha value is -2.47. The Morgan fingerprint density at radius 2 is 2.09 bits per heavy atom. The zero-order chi connectivity index (χ0) is 15.4. The smallest absolute Gasteiger partial charge is 0.271 e. The third-order valence-corrected chi connectivity index (χ3v) is 4.22. The minimum absolute atomic E-state index is 0.137. The van der Waals surface area contributed by atoms with Crippen LogP contribution in [0.5, 0.6) is 0 Å². The van der Waals surface area contributed by atoms with Gasteiger partial charge < -0.3 is 4.90 Å². The highest BCUT2D eigenvalue weighted by molar-refractivity contribution is 7.11. The van der Waals surface area contributed by atoms with E-state index in [1.54, 1.807) is 46.7 Å². The van der Waals surface area contributed by atoms with E-state index in [2.05, 4.69) is 10.5 Å². The Morgan fingerprint density at radius 3 is 2.73 bits per heavy atom. The summed E-state index contributed by atoms with van der Waals surface area (Å²) in [7, 11) is 0. The van der Waals surface area contributed by atoms with Crippen molar-refractivity contribution in [2.45, 2.75) is 12.8 Å². The van der Waals surface area contributed by atoms with Crippen LogP contribution in [0.2, 0.25) is 0 Å². The third kappa shape index (κ3) is 3.23. The second kappa shape index (κ2) is 6.53. The molecule has 2 heterocycles. The summed E-state index contributed by atoms with van der Waals surface area (Å²) in [6, 6.07) is 10.8. The molecule has 112 valence electrons. The molecule has 22 heavy (non-hydrogen) atoms. The number of hydrazone groups is 1. The van der Waals surface area contributed by atoms with Crippen LogP contribution in [0.3, 0.4) is 0 Å². The van der Waals surface area contributed by atoms with E-state index in [0.717, 1.165) is 23.5 Å². The van der Waals surface area contributed by atoms with Crippen molar-refractivity contribution in [3.8, 4) is 0 Å². The summed E-state index contributed by atoms with van der Waals surface area (Å²) >= 11 is 1.55. The van der Waals surface area contributed by atoms with Gasteiger partial charge in [-0.1, -0.05) is 6.07 Å². The molecule has 1 fully saturated rings. The van der Waals surface area contributed by atoms with E-state index in [1.165, 1.54) is 0 Å². The standard InChI is InChI=1S/C16H15N3O2S/c20-15-4-1-9-19(15)13-7-5-12(6-8-13)16(21)18-17-11-14-3-2-10-22-14/h2-3,5-8,10-11H,1,4,9H2,(H,18,21). The van der Waals surface area contributed by atoms with Gasteiger partial charge in [-0.15, -0.1) is 11.3 Å². The van der Waals surface area contributed by atoms with Crippen LogP contribution in [-0.2, 0) is 4.79 Å². The van der Waals surface area contributed by atoms with Crippen LogP contribution < -0.4 is 10.3 Å². The second-order valence-electron chi connectivity index (χ2n) is 4.91. The molecule has 6 heteroatoms. The molecule has 2 aromatic rings. The summed E-state index contributed by atoms with van der Waals surface area (Å²) in [5.74, 6) is -0.134. The highest BCUT2D eigenvalue weighted by Crippen LogP contribution is 2.21. The number of carbonyl (C=O) groups is 2. The van der Waals surface area contributed by atoms with Gasteiger partial charge in [-0.2, -0.15) is 5.10 Å². The number of benzene rings is 1. The fourth-order valence-electron chi connectivity index (χ4n) is 2.30. The Balaban J connectivity index is 1.62. The average Bonchev–Trinajstić information content (AvgIpc) is 3.19. The molecule has 1 aliphatic heterocycles. The molecule has 0 spiro atoms. The van der Waals surface area contributed by atoms with Crippen molar-refractivity contribution >= 4 is 35.1 Å². The lowest BCUT2D eigenvalue weighted by molar-refractivity contribution is -0.117. The molecule has 2 amide bonds. The van der Waals surface area contributed by atoms with Crippen molar-refractivity contribution in [3.63, 3.8) is 0 Å². The van der Waals surface area contributed by atoms with E-state index < -0.39 is 0 Å². The van der Waals surface area contributed by atoms with Gasteiger partial charge in [0.25, 0.3) is 5.91 Å². The van der Waals surface area contributed by atoms with Crippen LogP contribution in [0.4, 0.5) is 5.69 Å². The molecule has 5 nitrogen and oxygen atoms in total. The van der Waals surface area contributed by atoms with E-state index in [0.29, 0.717) is 12.0 Å². The molecule has 1 aromatic carbocycles. The second-order valence-corrected chi connectivity index (χ2v) is 5.89. The van der Waals surface area contributed by atoms with Crippen molar-refractivity contribution in [2.75, 3.05) is 11.4 Å². The molecule has 1 aromatic heterocycles. The van der Waals surface area contributed by atoms with Crippen LogP contribution in [0.25, 0.3) is 0 Å². The summed E-state index contributed by atoms with van der Waals surface area (Å²) < 4.78 is 0. The SMILES string of the molecule is O=C(NN=Cc1cccs1)c1ccc(N2CCCC2=O)cc1. The van der Waals surface area contributed by atoms with E-state index in [1.807, 2.05) is 17.5 Å². The molecular formula is C16H15N3O2S. The maximum absolute atomic E-state index is 12.0. The van der Waals surface area contributed by atoms with Gasteiger partial charge in [-0.3, -0.25) is 9.59 Å². The molecule has 1 N–H and O–H groups in total. The maximum Gasteiger partial charge on any atom is 0.271 e. The topological polar surface area (TPSA) is 61.8 Å². The molecule has 0 saturated carbocycles. The molecule has 0 aliphatic carbocycles. The van der Waals surface area contributed by atoms with Gasteiger partial charge in [0.1, 0.15) is 0 Å². The highest BCUT2D eigenvalue weighted by Gasteiger charge is 2.21. The number of rotatable bonds is 4. The fraction of sp³-hybridized carbons (Fsp3) is 0.188. The first-order valence-corrected chi connectivity index (χ1v) is 7.89. The lowest BCUT2D eigenvalue weighted by Crippen LogP contribution is -2.24. The van der Waals surface area contributed by atoms with Crippen molar-refractivity contribution in [1.29, 1.82) is 0 Å². The fourth-order valence-corrected chi connectivity index (χ4v) is 2.88. The Morgan fingerprint density at radius 1 is 1.27 bits per heavy atom. The van der Waals surface area contributed by atoms with Crippen LogP contribution in [0.1, 0.15) is 28.1 Å². The lowest BCUT2D eigenvalue weighted by Gasteiger charge is -2.15. The third-order valence-electron chi connectivity index (χ3n) is 3.42. The summed E-state index contributed by atoms with van der Waals surface area (Å²) in [6.07, 6.45) is 3.10. The van der Waals surface area contributed by atoms with Crippen molar-refractivity contribution in [3.05, 3.63) is 52.2 Å². The first-order chi connectivity index (χ1) is 10.7. The van der Waals surface area contributed by atoms with Crippen LogP contribution in [-0.4, -0.2) is 24.6 Å². The summed E-state index contributed by atoms with van der Waals surface area (Å²) in [5, 5.41) is 5.87. The quantitative estimate of drug-likeness (QED) is 0.697. The highest BCUT2D eigenvalue weighted by atomic mass is 32.1. The van der Waals surface area contributed by atoms with Crippen molar-refractivity contribution in [1.82, 2.24) is 5.43 Å². The monoisotopic (exact) mass is 313 g/mol.